The van der Waals surface area contributed by atoms with Crippen LogP contribution in [0.4, 0.5) is 0 Å². The highest BCUT2D eigenvalue weighted by Crippen LogP contribution is 2.49. The molecular formula is C26H25N3O3. The van der Waals surface area contributed by atoms with Gasteiger partial charge >= 0.3 is 0 Å². The molecule has 32 heavy (non-hydrogen) atoms. The standard InChI is InChI=1S/C26H25N3O3/c1-15(19-13-16-9-10-18(19)12-16)27-25(30)20-14-21(22-8-5-11-31-22)28-26-23(20)24(29-32-26)17-6-3-2-4-7-17/h2-8,11,14-16,18-19H,9-10,12-13H2,1H3,(H,27,30). The number of carbonyl (C=O) groups excluding carboxylic acids is 1. The topological polar surface area (TPSA) is 81.2 Å². The van der Waals surface area contributed by atoms with Crippen molar-refractivity contribution >= 4 is 17.0 Å². The molecule has 0 radical (unpaired) electrons. The summed E-state index contributed by atoms with van der Waals surface area (Å²) in [6, 6.07) is 15.3. The summed E-state index contributed by atoms with van der Waals surface area (Å²) in [7, 11) is 0. The Labute approximate surface area is 186 Å². The molecule has 4 aromatic rings. The average molecular weight is 428 g/mol. The molecule has 162 valence electrons. The zero-order valence-corrected chi connectivity index (χ0v) is 18.0. The van der Waals surface area contributed by atoms with Crippen LogP contribution in [0.25, 0.3) is 33.8 Å². The minimum absolute atomic E-state index is 0.119. The summed E-state index contributed by atoms with van der Waals surface area (Å²) in [6.07, 6.45) is 6.77. The smallest absolute Gasteiger partial charge is 0.259 e. The van der Waals surface area contributed by atoms with Crippen LogP contribution < -0.4 is 5.32 Å². The number of pyridine rings is 1. The van der Waals surface area contributed by atoms with Crippen LogP contribution in [0, 0.1) is 17.8 Å². The van der Waals surface area contributed by atoms with Crippen LogP contribution >= 0.6 is 0 Å². The van der Waals surface area contributed by atoms with Crippen molar-refractivity contribution in [3.63, 3.8) is 0 Å². The molecule has 6 heteroatoms. The minimum atomic E-state index is -0.124. The van der Waals surface area contributed by atoms with Gasteiger partial charge < -0.3 is 14.3 Å². The number of furan rings is 1. The zero-order valence-electron chi connectivity index (χ0n) is 18.0. The van der Waals surface area contributed by atoms with Gasteiger partial charge in [0.15, 0.2) is 5.76 Å². The first kappa shape index (κ1) is 19.3. The van der Waals surface area contributed by atoms with E-state index < -0.39 is 0 Å². The monoisotopic (exact) mass is 427 g/mol. The highest BCUT2D eigenvalue weighted by Gasteiger charge is 2.42. The van der Waals surface area contributed by atoms with E-state index >= 15 is 0 Å². The summed E-state index contributed by atoms with van der Waals surface area (Å²) in [6.45, 7) is 2.14. The fraction of sp³-hybridized carbons (Fsp3) is 0.346. The molecule has 4 unspecified atom stereocenters. The first-order valence-corrected chi connectivity index (χ1v) is 11.4. The molecule has 2 fully saturated rings. The summed E-state index contributed by atoms with van der Waals surface area (Å²) in [5, 5.41) is 8.19. The maximum Gasteiger partial charge on any atom is 0.259 e. The highest BCUT2D eigenvalue weighted by atomic mass is 16.5. The van der Waals surface area contributed by atoms with Crippen LogP contribution in [-0.2, 0) is 0 Å². The molecule has 6 rings (SSSR count). The molecule has 3 heterocycles. The third kappa shape index (κ3) is 3.22. The molecule has 1 amide bonds. The van der Waals surface area contributed by atoms with Gasteiger partial charge in [-0.15, -0.1) is 0 Å². The molecule has 1 N–H and O–H groups in total. The lowest BCUT2D eigenvalue weighted by atomic mass is 9.84. The minimum Gasteiger partial charge on any atom is -0.463 e. The number of rotatable bonds is 5. The van der Waals surface area contributed by atoms with Gasteiger partial charge in [-0.25, -0.2) is 4.98 Å². The maximum atomic E-state index is 13.6. The number of benzene rings is 1. The molecule has 2 aliphatic rings. The Morgan fingerprint density at radius 2 is 2.00 bits per heavy atom. The van der Waals surface area contributed by atoms with Crippen molar-refractivity contribution in [1.29, 1.82) is 0 Å². The highest BCUT2D eigenvalue weighted by molar-refractivity contribution is 6.10. The van der Waals surface area contributed by atoms with Gasteiger partial charge in [-0.3, -0.25) is 4.79 Å². The molecule has 2 bridgehead atoms. The number of hydrogen-bond acceptors (Lipinski definition) is 5. The second kappa shape index (κ2) is 7.62. The Hall–Kier alpha value is -3.41. The first-order chi connectivity index (χ1) is 15.7. The molecule has 4 atom stereocenters. The van der Waals surface area contributed by atoms with E-state index in [-0.39, 0.29) is 11.9 Å². The van der Waals surface area contributed by atoms with Crippen molar-refractivity contribution in [1.82, 2.24) is 15.5 Å². The number of hydrogen-bond donors (Lipinski definition) is 1. The predicted octanol–water partition coefficient (Wildman–Crippen LogP) is 5.70. The van der Waals surface area contributed by atoms with Crippen LogP contribution in [-0.4, -0.2) is 22.1 Å². The number of fused-ring (bicyclic) bond motifs is 3. The largest absolute Gasteiger partial charge is 0.463 e. The van der Waals surface area contributed by atoms with E-state index in [4.69, 9.17) is 8.94 Å². The van der Waals surface area contributed by atoms with Crippen molar-refractivity contribution in [3.8, 4) is 22.7 Å². The number of nitrogens with zero attached hydrogens (tertiary/aromatic N) is 2. The quantitative estimate of drug-likeness (QED) is 0.442. The SMILES string of the molecule is CC(NC(=O)c1cc(-c2ccco2)nc2onc(-c3ccccc3)c12)C1CC2CCC1C2. The molecule has 1 aromatic carbocycles. The van der Waals surface area contributed by atoms with E-state index in [0.717, 1.165) is 17.4 Å². The fourth-order valence-corrected chi connectivity index (χ4v) is 5.77. The Kier molecular flexibility index (Phi) is 4.59. The summed E-state index contributed by atoms with van der Waals surface area (Å²) in [5.41, 5.74) is 2.90. The third-order valence-corrected chi connectivity index (χ3v) is 7.31. The molecule has 0 spiro atoms. The van der Waals surface area contributed by atoms with E-state index in [1.165, 1.54) is 25.7 Å². The van der Waals surface area contributed by atoms with Crippen LogP contribution in [0.3, 0.4) is 0 Å². The van der Waals surface area contributed by atoms with Crippen molar-refractivity contribution in [2.45, 2.75) is 38.6 Å². The molecule has 6 nitrogen and oxygen atoms in total. The Balaban J connectivity index is 1.41. The van der Waals surface area contributed by atoms with Gasteiger partial charge in [-0.05, 0) is 62.1 Å². The summed E-state index contributed by atoms with van der Waals surface area (Å²) >= 11 is 0. The first-order valence-electron chi connectivity index (χ1n) is 11.4. The van der Waals surface area contributed by atoms with Gasteiger partial charge in [0.2, 0.25) is 0 Å². The van der Waals surface area contributed by atoms with Crippen molar-refractivity contribution in [2.24, 2.45) is 17.8 Å². The van der Waals surface area contributed by atoms with Crippen LogP contribution in [0.15, 0.2) is 63.7 Å². The number of nitrogens with one attached hydrogen (secondary N) is 1. The average Bonchev–Trinajstić information content (AvgIpc) is 3.62. The van der Waals surface area contributed by atoms with Crippen molar-refractivity contribution < 1.29 is 13.7 Å². The Bertz CT molecular complexity index is 1260. The van der Waals surface area contributed by atoms with Crippen LogP contribution in [0.1, 0.15) is 43.0 Å². The van der Waals surface area contributed by atoms with Gasteiger partial charge in [0.25, 0.3) is 11.6 Å². The lowest BCUT2D eigenvalue weighted by Gasteiger charge is -2.28. The summed E-state index contributed by atoms with van der Waals surface area (Å²) in [4.78, 5) is 18.2. The second-order valence-electron chi connectivity index (χ2n) is 9.21. The fourth-order valence-electron chi connectivity index (χ4n) is 5.77. The van der Waals surface area contributed by atoms with Gasteiger partial charge in [0.1, 0.15) is 11.4 Å². The lowest BCUT2D eigenvalue weighted by molar-refractivity contribution is 0.0917. The lowest BCUT2D eigenvalue weighted by Crippen LogP contribution is -2.40. The normalized spacial score (nSPS) is 23.0. The Morgan fingerprint density at radius 3 is 2.72 bits per heavy atom. The van der Waals surface area contributed by atoms with Gasteiger partial charge in [0.05, 0.1) is 17.2 Å². The van der Waals surface area contributed by atoms with E-state index in [1.807, 2.05) is 36.4 Å². The van der Waals surface area contributed by atoms with Crippen LogP contribution in [0.5, 0.6) is 0 Å². The maximum absolute atomic E-state index is 13.6. The second-order valence-corrected chi connectivity index (χ2v) is 9.21. The number of amides is 1. The molecule has 2 saturated carbocycles. The summed E-state index contributed by atoms with van der Waals surface area (Å²) in [5.74, 6) is 2.59. The number of aromatic nitrogens is 2. The molecule has 3 aromatic heterocycles. The van der Waals surface area contributed by atoms with Crippen LogP contribution in [0.2, 0.25) is 0 Å². The van der Waals surface area contributed by atoms with E-state index in [0.29, 0.717) is 39.7 Å². The predicted molar refractivity (Wildman–Crippen MR) is 121 cm³/mol. The van der Waals surface area contributed by atoms with E-state index in [2.05, 4.69) is 22.4 Å². The Morgan fingerprint density at radius 1 is 1.12 bits per heavy atom. The van der Waals surface area contributed by atoms with Crippen molar-refractivity contribution in [2.75, 3.05) is 0 Å². The van der Waals surface area contributed by atoms with Gasteiger partial charge in [-0.2, -0.15) is 0 Å². The zero-order chi connectivity index (χ0) is 21.7. The van der Waals surface area contributed by atoms with E-state index in [9.17, 15) is 4.79 Å². The molecular weight excluding hydrogens is 402 g/mol. The molecule has 2 aliphatic carbocycles. The number of carbonyl (C=O) groups is 1. The third-order valence-electron chi connectivity index (χ3n) is 7.31. The van der Waals surface area contributed by atoms with Gasteiger partial charge in [0, 0.05) is 11.6 Å². The van der Waals surface area contributed by atoms with E-state index in [1.54, 1.807) is 18.4 Å². The van der Waals surface area contributed by atoms with Crippen molar-refractivity contribution in [3.05, 3.63) is 60.4 Å². The summed E-state index contributed by atoms with van der Waals surface area (Å²) < 4.78 is 11.1. The van der Waals surface area contributed by atoms with Gasteiger partial charge in [-0.1, -0.05) is 41.9 Å². The molecule has 0 saturated heterocycles. The molecule has 0 aliphatic heterocycles.